The number of nitrogens with one attached hydrogen (secondary N) is 1. The monoisotopic (exact) mass is 194 g/mol. The Morgan fingerprint density at radius 3 is 3.00 bits per heavy atom. The van der Waals surface area contributed by atoms with Gasteiger partial charge in [-0.3, -0.25) is 4.98 Å². The molecule has 0 aliphatic rings. The van der Waals surface area contributed by atoms with E-state index in [1.54, 1.807) is 0 Å². The number of hydrogen-bond acceptors (Lipinski definition) is 3. The van der Waals surface area contributed by atoms with Gasteiger partial charge in [-0.15, -0.1) is 0 Å². The van der Waals surface area contributed by atoms with Crippen molar-refractivity contribution in [1.29, 1.82) is 0 Å². The highest BCUT2D eigenvalue weighted by Gasteiger charge is 1.96. The summed E-state index contributed by atoms with van der Waals surface area (Å²) >= 11 is 0. The molecule has 1 aromatic heterocycles. The second-order valence-corrected chi connectivity index (χ2v) is 3.37. The van der Waals surface area contributed by atoms with Crippen LogP contribution in [0.1, 0.15) is 24.1 Å². The Labute approximate surface area is 85.2 Å². The van der Waals surface area contributed by atoms with E-state index in [0.29, 0.717) is 0 Å². The Morgan fingerprint density at radius 2 is 2.29 bits per heavy atom. The predicted octanol–water partition coefficient (Wildman–Crippen LogP) is 1.25. The van der Waals surface area contributed by atoms with Crippen LogP contribution in [0.25, 0.3) is 0 Å². The first-order valence-electron chi connectivity index (χ1n) is 5.06. The second kappa shape index (κ2) is 6.51. The predicted molar refractivity (Wildman–Crippen MR) is 57.0 cm³/mol. The van der Waals surface area contributed by atoms with Crippen LogP contribution >= 0.6 is 0 Å². The molecular weight excluding hydrogens is 176 g/mol. The molecule has 2 N–H and O–H groups in total. The summed E-state index contributed by atoms with van der Waals surface area (Å²) in [5.74, 6) is 0. The first-order chi connectivity index (χ1) is 6.84. The SMILES string of the molecule is Cc1cccnc1CNCCCCO. The lowest BCUT2D eigenvalue weighted by molar-refractivity contribution is 0.283. The molecule has 0 saturated heterocycles. The van der Waals surface area contributed by atoms with Gasteiger partial charge in [0.1, 0.15) is 0 Å². The minimum atomic E-state index is 0.282. The minimum Gasteiger partial charge on any atom is -0.396 e. The molecule has 0 saturated carbocycles. The maximum absolute atomic E-state index is 8.59. The van der Waals surface area contributed by atoms with Gasteiger partial charge in [0.15, 0.2) is 0 Å². The van der Waals surface area contributed by atoms with Gasteiger partial charge in [-0.2, -0.15) is 0 Å². The van der Waals surface area contributed by atoms with Crippen LogP contribution in [-0.2, 0) is 6.54 Å². The highest BCUT2D eigenvalue weighted by atomic mass is 16.2. The molecule has 14 heavy (non-hydrogen) atoms. The smallest absolute Gasteiger partial charge is 0.0570 e. The molecule has 3 nitrogen and oxygen atoms in total. The van der Waals surface area contributed by atoms with Crippen molar-refractivity contribution in [3.8, 4) is 0 Å². The molecule has 3 heteroatoms. The van der Waals surface area contributed by atoms with Gasteiger partial charge in [0, 0.05) is 19.3 Å². The van der Waals surface area contributed by atoms with Crippen LogP contribution in [0.2, 0.25) is 0 Å². The largest absolute Gasteiger partial charge is 0.396 e. The molecule has 0 aromatic carbocycles. The van der Waals surface area contributed by atoms with E-state index < -0.39 is 0 Å². The van der Waals surface area contributed by atoms with Crippen LogP contribution < -0.4 is 5.32 Å². The highest BCUT2D eigenvalue weighted by molar-refractivity contribution is 5.17. The zero-order chi connectivity index (χ0) is 10.2. The number of aromatic nitrogens is 1. The molecule has 0 spiro atoms. The van der Waals surface area contributed by atoms with E-state index in [-0.39, 0.29) is 6.61 Å². The van der Waals surface area contributed by atoms with E-state index in [4.69, 9.17) is 5.11 Å². The second-order valence-electron chi connectivity index (χ2n) is 3.37. The van der Waals surface area contributed by atoms with E-state index in [1.165, 1.54) is 5.56 Å². The summed E-state index contributed by atoms with van der Waals surface area (Å²) < 4.78 is 0. The molecular formula is C11H18N2O. The van der Waals surface area contributed by atoms with Crippen molar-refractivity contribution in [2.75, 3.05) is 13.2 Å². The number of aryl methyl sites for hydroxylation is 1. The van der Waals surface area contributed by atoms with E-state index >= 15 is 0 Å². The molecule has 0 aliphatic heterocycles. The molecule has 0 fully saturated rings. The van der Waals surface area contributed by atoms with Gasteiger partial charge in [0.2, 0.25) is 0 Å². The minimum absolute atomic E-state index is 0.282. The standard InChI is InChI=1S/C11H18N2O/c1-10-5-4-7-13-11(10)9-12-6-2-3-8-14/h4-5,7,12,14H,2-3,6,8-9H2,1H3. The third-order valence-corrected chi connectivity index (χ3v) is 2.17. The summed E-state index contributed by atoms with van der Waals surface area (Å²) in [6, 6.07) is 4.02. The fraction of sp³-hybridized carbons (Fsp3) is 0.545. The molecule has 0 unspecified atom stereocenters. The van der Waals surface area contributed by atoms with Gasteiger partial charge in [-0.1, -0.05) is 6.07 Å². The zero-order valence-electron chi connectivity index (χ0n) is 8.66. The molecule has 0 amide bonds. The molecule has 78 valence electrons. The number of nitrogens with zero attached hydrogens (tertiary/aromatic N) is 1. The van der Waals surface area contributed by atoms with Crippen LogP contribution in [0.5, 0.6) is 0 Å². The fourth-order valence-corrected chi connectivity index (χ4v) is 1.27. The number of rotatable bonds is 6. The molecule has 1 rings (SSSR count). The first kappa shape index (κ1) is 11.1. The van der Waals surface area contributed by atoms with Crippen molar-refractivity contribution in [3.05, 3.63) is 29.6 Å². The van der Waals surface area contributed by atoms with Gasteiger partial charge < -0.3 is 10.4 Å². The van der Waals surface area contributed by atoms with E-state index in [0.717, 1.165) is 31.6 Å². The number of hydrogen-bond donors (Lipinski definition) is 2. The van der Waals surface area contributed by atoms with Gasteiger partial charge in [-0.25, -0.2) is 0 Å². The Morgan fingerprint density at radius 1 is 1.43 bits per heavy atom. The molecule has 0 aliphatic carbocycles. The number of unbranched alkanes of at least 4 members (excludes halogenated alkanes) is 1. The molecule has 1 heterocycles. The molecule has 0 bridgehead atoms. The van der Waals surface area contributed by atoms with Crippen molar-refractivity contribution >= 4 is 0 Å². The maximum atomic E-state index is 8.59. The van der Waals surface area contributed by atoms with Crippen molar-refractivity contribution in [2.45, 2.75) is 26.3 Å². The first-order valence-corrected chi connectivity index (χ1v) is 5.06. The summed E-state index contributed by atoms with van der Waals surface area (Å²) in [6.45, 7) is 4.11. The summed E-state index contributed by atoms with van der Waals surface area (Å²) in [5, 5.41) is 11.9. The fourth-order valence-electron chi connectivity index (χ4n) is 1.27. The van der Waals surface area contributed by atoms with Gasteiger partial charge in [0.05, 0.1) is 5.69 Å². The number of aliphatic hydroxyl groups is 1. The van der Waals surface area contributed by atoms with Gasteiger partial charge >= 0.3 is 0 Å². The number of pyridine rings is 1. The van der Waals surface area contributed by atoms with Crippen molar-refractivity contribution < 1.29 is 5.11 Å². The average Bonchev–Trinajstić information content (AvgIpc) is 2.20. The number of aliphatic hydroxyl groups excluding tert-OH is 1. The van der Waals surface area contributed by atoms with Crippen LogP contribution in [-0.4, -0.2) is 23.2 Å². The van der Waals surface area contributed by atoms with Gasteiger partial charge in [0.25, 0.3) is 0 Å². The van der Waals surface area contributed by atoms with Crippen LogP contribution in [0.4, 0.5) is 0 Å². The van der Waals surface area contributed by atoms with Crippen molar-refractivity contribution in [3.63, 3.8) is 0 Å². The quantitative estimate of drug-likeness (QED) is 0.670. The Hall–Kier alpha value is -0.930. The maximum Gasteiger partial charge on any atom is 0.0570 e. The Balaban J connectivity index is 2.21. The molecule has 0 radical (unpaired) electrons. The van der Waals surface area contributed by atoms with Gasteiger partial charge in [-0.05, 0) is 37.9 Å². The van der Waals surface area contributed by atoms with E-state index in [2.05, 4.69) is 23.3 Å². The summed E-state index contributed by atoms with van der Waals surface area (Å²) in [4.78, 5) is 4.28. The lowest BCUT2D eigenvalue weighted by Crippen LogP contribution is -2.16. The van der Waals surface area contributed by atoms with E-state index in [9.17, 15) is 0 Å². The zero-order valence-corrected chi connectivity index (χ0v) is 8.66. The third-order valence-electron chi connectivity index (χ3n) is 2.17. The lowest BCUT2D eigenvalue weighted by atomic mass is 10.2. The third kappa shape index (κ3) is 3.85. The lowest BCUT2D eigenvalue weighted by Gasteiger charge is -2.05. The van der Waals surface area contributed by atoms with Crippen LogP contribution in [0.3, 0.4) is 0 Å². The van der Waals surface area contributed by atoms with Crippen molar-refractivity contribution in [2.24, 2.45) is 0 Å². The van der Waals surface area contributed by atoms with Crippen LogP contribution in [0, 0.1) is 6.92 Å². The summed E-state index contributed by atoms with van der Waals surface area (Å²) in [7, 11) is 0. The van der Waals surface area contributed by atoms with Crippen molar-refractivity contribution in [1.82, 2.24) is 10.3 Å². The Kier molecular flexibility index (Phi) is 5.19. The summed E-state index contributed by atoms with van der Waals surface area (Å²) in [6.07, 6.45) is 3.70. The Bertz CT molecular complexity index is 263. The molecule has 1 aromatic rings. The highest BCUT2D eigenvalue weighted by Crippen LogP contribution is 2.01. The average molecular weight is 194 g/mol. The van der Waals surface area contributed by atoms with E-state index in [1.807, 2.05) is 12.3 Å². The van der Waals surface area contributed by atoms with Crippen LogP contribution in [0.15, 0.2) is 18.3 Å². The normalized spacial score (nSPS) is 10.4. The molecule has 0 atom stereocenters. The summed E-state index contributed by atoms with van der Waals surface area (Å²) in [5.41, 5.74) is 2.33. The topological polar surface area (TPSA) is 45.2 Å².